The van der Waals surface area contributed by atoms with Crippen molar-refractivity contribution >= 4 is 12.2 Å². The first-order valence-electron chi connectivity index (χ1n) is 4.69. The molecule has 0 radical (unpaired) electrons. The van der Waals surface area contributed by atoms with Crippen LogP contribution in [0.3, 0.4) is 0 Å². The largest absolute Gasteiger partial charge is 0.308 e. The molecule has 1 aliphatic heterocycles. The van der Waals surface area contributed by atoms with Gasteiger partial charge in [0.25, 0.3) is 0 Å². The molecule has 0 aromatic rings. The molecule has 0 unspecified atom stereocenters. The molecule has 1 aliphatic rings. The molecule has 1 rings (SSSR count). The van der Waals surface area contributed by atoms with Crippen LogP contribution in [0.15, 0.2) is 10.1 Å². The Balaban J connectivity index is 2.38. The Hall–Kier alpha value is -1.14. The maximum Gasteiger partial charge on any atom is 0.229 e. The van der Waals surface area contributed by atoms with Crippen LogP contribution in [0.5, 0.6) is 0 Å². The highest BCUT2D eigenvalue weighted by molar-refractivity contribution is 5.81. The molecule has 0 aromatic carbocycles. The van der Waals surface area contributed by atoms with E-state index in [1.807, 2.05) is 14.1 Å². The lowest BCUT2D eigenvalue weighted by Gasteiger charge is -2.21. The number of aliphatic imine (C=N–C) groups is 1. The fraction of sp³-hybridized carbons (Fsp3) is 0.750. The van der Waals surface area contributed by atoms with E-state index in [2.05, 4.69) is 20.4 Å². The second-order valence-corrected chi connectivity index (χ2v) is 3.41. The number of nitrogens with two attached hydrogens (primary N) is 1. The van der Waals surface area contributed by atoms with Gasteiger partial charge < -0.3 is 4.90 Å². The van der Waals surface area contributed by atoms with Crippen LogP contribution in [0.4, 0.5) is 0 Å². The zero-order chi connectivity index (χ0) is 10.4. The van der Waals surface area contributed by atoms with Crippen molar-refractivity contribution in [2.75, 3.05) is 33.7 Å². The summed E-state index contributed by atoms with van der Waals surface area (Å²) in [6.07, 6.45) is 2.66. The summed E-state index contributed by atoms with van der Waals surface area (Å²) in [5.74, 6) is 6.45. The van der Waals surface area contributed by atoms with E-state index >= 15 is 0 Å². The van der Waals surface area contributed by atoms with E-state index < -0.39 is 0 Å². The lowest BCUT2D eigenvalue weighted by Crippen LogP contribution is -2.46. The van der Waals surface area contributed by atoms with Crippen LogP contribution < -0.4 is 11.3 Å². The molecular weight excluding hydrogens is 180 g/mol. The highest BCUT2D eigenvalue weighted by atomic mass is 15.5. The predicted molar refractivity (Wildman–Crippen MR) is 58.0 cm³/mol. The van der Waals surface area contributed by atoms with Crippen molar-refractivity contribution in [3.05, 3.63) is 0 Å². The van der Waals surface area contributed by atoms with Gasteiger partial charge in [0.15, 0.2) is 0 Å². The lowest BCUT2D eigenvalue weighted by atomic mass is 10.5. The second-order valence-electron chi connectivity index (χ2n) is 3.41. The molecule has 3 N–H and O–H groups in total. The van der Waals surface area contributed by atoms with E-state index in [0.717, 1.165) is 26.1 Å². The minimum absolute atomic E-state index is 0.639. The zero-order valence-electron chi connectivity index (χ0n) is 8.77. The fourth-order valence-electron chi connectivity index (χ4n) is 1.00. The summed E-state index contributed by atoms with van der Waals surface area (Å²) in [7, 11) is 4.02. The van der Waals surface area contributed by atoms with Crippen molar-refractivity contribution in [3.8, 4) is 0 Å². The summed E-state index contributed by atoms with van der Waals surface area (Å²) in [6.45, 7) is 2.36. The van der Waals surface area contributed by atoms with E-state index in [9.17, 15) is 0 Å². The van der Waals surface area contributed by atoms with Gasteiger partial charge in [-0.05, 0) is 14.1 Å². The van der Waals surface area contributed by atoms with Crippen molar-refractivity contribution in [1.29, 1.82) is 0 Å². The van der Waals surface area contributed by atoms with Crippen molar-refractivity contribution in [2.45, 2.75) is 6.42 Å². The summed E-state index contributed by atoms with van der Waals surface area (Å²) >= 11 is 0. The molecule has 0 bridgehead atoms. The van der Waals surface area contributed by atoms with Crippen molar-refractivity contribution in [3.63, 3.8) is 0 Å². The minimum Gasteiger partial charge on any atom is -0.308 e. The van der Waals surface area contributed by atoms with E-state index in [4.69, 9.17) is 5.84 Å². The zero-order valence-corrected chi connectivity index (χ0v) is 8.77. The monoisotopic (exact) mass is 198 g/mol. The summed E-state index contributed by atoms with van der Waals surface area (Å²) < 4.78 is 0. The molecule has 80 valence electrons. The smallest absolute Gasteiger partial charge is 0.229 e. The van der Waals surface area contributed by atoms with Gasteiger partial charge in [0.1, 0.15) is 0 Å². The Kier molecular flexibility index (Phi) is 4.34. The number of hydrazine groups is 1. The van der Waals surface area contributed by atoms with Crippen molar-refractivity contribution in [1.82, 2.24) is 15.3 Å². The van der Waals surface area contributed by atoms with Crippen molar-refractivity contribution in [2.24, 2.45) is 15.9 Å². The van der Waals surface area contributed by atoms with Gasteiger partial charge >= 0.3 is 0 Å². The molecule has 0 spiro atoms. The Morgan fingerprint density at radius 2 is 2.29 bits per heavy atom. The molecule has 0 atom stereocenters. The van der Waals surface area contributed by atoms with E-state index in [0.29, 0.717) is 5.96 Å². The Morgan fingerprint density at radius 1 is 1.50 bits per heavy atom. The minimum atomic E-state index is 0.639. The molecule has 1 heterocycles. The van der Waals surface area contributed by atoms with Gasteiger partial charge in [0.05, 0.1) is 0 Å². The third-order valence-corrected chi connectivity index (χ3v) is 1.84. The van der Waals surface area contributed by atoms with Crippen LogP contribution in [0.1, 0.15) is 6.42 Å². The number of hydrazone groups is 1. The van der Waals surface area contributed by atoms with Gasteiger partial charge in [-0.2, -0.15) is 5.10 Å². The van der Waals surface area contributed by atoms with Gasteiger partial charge in [0.2, 0.25) is 5.96 Å². The molecule has 0 amide bonds. The molecular formula is C8H18N6. The summed E-state index contributed by atoms with van der Waals surface area (Å²) in [5, 5.41) is 5.55. The number of nitrogens with one attached hydrogen (secondary N) is 1. The van der Waals surface area contributed by atoms with Gasteiger partial charge in [0, 0.05) is 32.3 Å². The number of nitrogens with zero attached hydrogens (tertiary/aromatic N) is 4. The van der Waals surface area contributed by atoms with Crippen LogP contribution >= 0.6 is 0 Å². The molecule has 0 saturated heterocycles. The SMILES string of the molecule is CN(C)CCN(N)C1=NCCC=NN1. The molecule has 0 saturated carbocycles. The number of guanidine groups is 1. The number of hydrogen-bond acceptors (Lipinski definition) is 6. The average molecular weight is 198 g/mol. The van der Waals surface area contributed by atoms with Gasteiger partial charge in [-0.25, -0.2) is 11.3 Å². The summed E-state index contributed by atoms with van der Waals surface area (Å²) in [5.41, 5.74) is 2.81. The summed E-state index contributed by atoms with van der Waals surface area (Å²) in [4.78, 5) is 6.33. The number of rotatable bonds is 3. The van der Waals surface area contributed by atoms with Gasteiger partial charge in [-0.15, -0.1) is 0 Å². The van der Waals surface area contributed by atoms with Crippen molar-refractivity contribution < 1.29 is 0 Å². The number of likely N-dealkylation sites (N-methyl/N-ethyl adjacent to an activating group) is 1. The Bertz CT molecular complexity index is 222. The maximum atomic E-state index is 5.81. The quantitative estimate of drug-likeness (QED) is 0.453. The second kappa shape index (κ2) is 5.56. The van der Waals surface area contributed by atoms with Crippen LogP contribution in [-0.2, 0) is 0 Å². The van der Waals surface area contributed by atoms with Crippen LogP contribution in [0.25, 0.3) is 0 Å². The highest BCUT2D eigenvalue weighted by Crippen LogP contribution is 1.89. The molecule has 6 heteroatoms. The molecule has 6 nitrogen and oxygen atoms in total. The van der Waals surface area contributed by atoms with E-state index in [-0.39, 0.29) is 0 Å². The normalized spacial score (nSPS) is 16.1. The predicted octanol–water partition coefficient (Wildman–Crippen LogP) is -0.941. The van der Waals surface area contributed by atoms with Gasteiger partial charge in [-0.3, -0.25) is 10.0 Å². The van der Waals surface area contributed by atoms with E-state index in [1.54, 1.807) is 11.2 Å². The van der Waals surface area contributed by atoms with Gasteiger partial charge in [-0.1, -0.05) is 0 Å². The van der Waals surface area contributed by atoms with Crippen LogP contribution in [0.2, 0.25) is 0 Å². The standard InChI is InChI=1S/C8H18N6/c1-13(2)6-7-14(9)8-10-4-3-5-11-12-8/h5H,3-4,6-7,9H2,1-2H3,(H,10,12). The topological polar surface area (TPSA) is 69.2 Å². The third kappa shape index (κ3) is 3.71. The summed E-state index contributed by atoms with van der Waals surface area (Å²) in [6, 6.07) is 0. The first-order chi connectivity index (χ1) is 6.70. The number of hydrogen-bond donors (Lipinski definition) is 2. The first-order valence-corrected chi connectivity index (χ1v) is 4.69. The third-order valence-electron chi connectivity index (χ3n) is 1.84. The Morgan fingerprint density at radius 3 is 3.00 bits per heavy atom. The molecule has 0 aromatic heterocycles. The Labute approximate surface area is 84.4 Å². The van der Waals surface area contributed by atoms with Crippen LogP contribution in [0, 0.1) is 0 Å². The van der Waals surface area contributed by atoms with E-state index in [1.165, 1.54) is 0 Å². The lowest BCUT2D eigenvalue weighted by molar-refractivity contribution is 0.329. The molecule has 14 heavy (non-hydrogen) atoms. The first kappa shape index (κ1) is 10.9. The average Bonchev–Trinajstić information content (AvgIpc) is 2.42. The molecule has 0 fully saturated rings. The highest BCUT2D eigenvalue weighted by Gasteiger charge is 2.07. The molecule has 0 aliphatic carbocycles. The maximum absolute atomic E-state index is 5.81. The van der Waals surface area contributed by atoms with Crippen LogP contribution in [-0.4, -0.2) is 55.8 Å². The fourth-order valence-corrected chi connectivity index (χ4v) is 1.00.